The van der Waals surface area contributed by atoms with Gasteiger partial charge in [-0.3, -0.25) is 4.68 Å². The first-order chi connectivity index (χ1) is 8.34. The van der Waals surface area contributed by atoms with Gasteiger partial charge < -0.3 is 4.74 Å². The van der Waals surface area contributed by atoms with Gasteiger partial charge >= 0.3 is 0 Å². The molecule has 0 N–H and O–H groups in total. The molecular weight excluding hydrogens is 212 g/mol. The first-order valence-electron chi connectivity index (χ1n) is 6.34. The number of ether oxygens (including phenoxy) is 1. The van der Waals surface area contributed by atoms with E-state index >= 15 is 0 Å². The molecule has 1 fully saturated rings. The van der Waals surface area contributed by atoms with Crippen LogP contribution in [0.2, 0.25) is 0 Å². The second kappa shape index (κ2) is 4.49. The lowest BCUT2D eigenvalue weighted by Crippen LogP contribution is -2.20. The van der Waals surface area contributed by atoms with Crippen molar-refractivity contribution >= 4 is 10.9 Å². The van der Waals surface area contributed by atoms with Gasteiger partial charge in [0.1, 0.15) is 0 Å². The molecule has 0 unspecified atom stereocenters. The maximum absolute atomic E-state index is 5.40. The number of para-hydroxylation sites is 1. The Balaban J connectivity index is 1.89. The van der Waals surface area contributed by atoms with Gasteiger partial charge in [-0.2, -0.15) is 5.10 Å². The third-order valence-corrected chi connectivity index (χ3v) is 3.61. The topological polar surface area (TPSA) is 27.1 Å². The molecule has 0 saturated carbocycles. The monoisotopic (exact) mass is 230 g/mol. The first kappa shape index (κ1) is 10.8. The van der Waals surface area contributed by atoms with Gasteiger partial charge in [0.05, 0.1) is 11.2 Å². The fourth-order valence-electron chi connectivity index (χ4n) is 2.61. The van der Waals surface area contributed by atoms with E-state index in [1.54, 1.807) is 0 Å². The number of hydrogen-bond donors (Lipinski definition) is 0. The summed E-state index contributed by atoms with van der Waals surface area (Å²) in [7, 11) is 0. The summed E-state index contributed by atoms with van der Waals surface area (Å²) in [6, 6.07) is 8.48. The normalized spacial score (nSPS) is 17.7. The molecule has 2 heterocycles. The van der Waals surface area contributed by atoms with Crippen molar-refractivity contribution in [1.29, 1.82) is 0 Å². The molecule has 0 spiro atoms. The maximum Gasteiger partial charge on any atom is 0.0685 e. The molecule has 0 radical (unpaired) electrons. The highest BCUT2D eigenvalue weighted by Gasteiger charge is 2.16. The molecule has 0 aliphatic carbocycles. The Morgan fingerprint density at radius 3 is 2.88 bits per heavy atom. The number of rotatable bonds is 2. The lowest BCUT2D eigenvalue weighted by molar-refractivity contribution is 0.0605. The molecule has 1 aliphatic rings. The van der Waals surface area contributed by atoms with E-state index in [0.29, 0.717) is 5.92 Å². The van der Waals surface area contributed by atoms with Crippen LogP contribution in [0.25, 0.3) is 10.9 Å². The van der Waals surface area contributed by atoms with Gasteiger partial charge in [-0.15, -0.1) is 0 Å². The van der Waals surface area contributed by atoms with Gasteiger partial charge in [-0.1, -0.05) is 18.2 Å². The Hall–Kier alpha value is -1.35. The summed E-state index contributed by atoms with van der Waals surface area (Å²) in [5, 5.41) is 5.94. The number of aromatic nitrogens is 2. The molecule has 2 aromatic rings. The lowest BCUT2D eigenvalue weighted by Gasteiger charge is -2.22. The van der Waals surface area contributed by atoms with Crippen molar-refractivity contribution < 1.29 is 4.74 Å². The number of fused-ring (bicyclic) bond motifs is 1. The first-order valence-corrected chi connectivity index (χ1v) is 6.34. The highest BCUT2D eigenvalue weighted by molar-refractivity contribution is 5.81. The predicted molar refractivity (Wildman–Crippen MR) is 68.0 cm³/mol. The molecule has 3 heteroatoms. The van der Waals surface area contributed by atoms with E-state index in [1.165, 1.54) is 10.9 Å². The van der Waals surface area contributed by atoms with Crippen LogP contribution in [0.4, 0.5) is 0 Å². The van der Waals surface area contributed by atoms with Crippen molar-refractivity contribution in [3.63, 3.8) is 0 Å². The highest BCUT2D eigenvalue weighted by Crippen LogP contribution is 2.22. The van der Waals surface area contributed by atoms with E-state index in [4.69, 9.17) is 4.74 Å². The fraction of sp³-hybridized carbons (Fsp3) is 0.500. The smallest absolute Gasteiger partial charge is 0.0685 e. The zero-order valence-corrected chi connectivity index (χ0v) is 10.2. The van der Waals surface area contributed by atoms with E-state index in [-0.39, 0.29) is 0 Å². The van der Waals surface area contributed by atoms with Crippen molar-refractivity contribution in [3.05, 3.63) is 30.0 Å². The Labute approximate surface area is 101 Å². The van der Waals surface area contributed by atoms with E-state index in [9.17, 15) is 0 Å². The number of aryl methyl sites for hydroxylation is 1. The van der Waals surface area contributed by atoms with Crippen LogP contribution >= 0.6 is 0 Å². The van der Waals surface area contributed by atoms with Crippen LogP contribution < -0.4 is 0 Å². The molecule has 3 rings (SSSR count). The Morgan fingerprint density at radius 2 is 2.06 bits per heavy atom. The quantitative estimate of drug-likeness (QED) is 0.793. The Kier molecular flexibility index (Phi) is 2.85. The number of benzene rings is 1. The van der Waals surface area contributed by atoms with E-state index < -0.39 is 0 Å². The van der Waals surface area contributed by atoms with E-state index in [0.717, 1.165) is 38.3 Å². The summed E-state index contributed by atoms with van der Waals surface area (Å²) >= 11 is 0. The van der Waals surface area contributed by atoms with Crippen LogP contribution in [0.3, 0.4) is 0 Å². The largest absolute Gasteiger partial charge is 0.381 e. The molecule has 1 aliphatic heterocycles. The second-order valence-corrected chi connectivity index (χ2v) is 4.84. The van der Waals surface area contributed by atoms with Gasteiger partial charge in [-0.25, -0.2) is 0 Å². The minimum atomic E-state index is 0.714. The summed E-state index contributed by atoms with van der Waals surface area (Å²) in [4.78, 5) is 0. The van der Waals surface area contributed by atoms with Crippen molar-refractivity contribution in [2.24, 2.45) is 5.92 Å². The van der Waals surface area contributed by atoms with Gasteiger partial charge in [-0.05, 0) is 31.7 Å². The standard InChI is InChI=1S/C14H18N2O/c1-11-13-4-2-3-5-14(13)16(15-11)10-12-6-8-17-9-7-12/h2-5,12H,6-10H2,1H3. The zero-order chi connectivity index (χ0) is 11.7. The third-order valence-electron chi connectivity index (χ3n) is 3.61. The van der Waals surface area contributed by atoms with Crippen molar-refractivity contribution in [3.8, 4) is 0 Å². The van der Waals surface area contributed by atoms with Crippen LogP contribution in [0.1, 0.15) is 18.5 Å². The molecule has 90 valence electrons. The third kappa shape index (κ3) is 2.07. The van der Waals surface area contributed by atoms with Crippen molar-refractivity contribution in [2.45, 2.75) is 26.3 Å². The van der Waals surface area contributed by atoms with Gasteiger partial charge in [0.2, 0.25) is 0 Å². The number of hydrogen-bond acceptors (Lipinski definition) is 2. The molecule has 1 aromatic carbocycles. The molecule has 17 heavy (non-hydrogen) atoms. The highest BCUT2D eigenvalue weighted by atomic mass is 16.5. The average molecular weight is 230 g/mol. The maximum atomic E-state index is 5.40. The van der Waals surface area contributed by atoms with Crippen LogP contribution in [0.5, 0.6) is 0 Å². The number of nitrogens with zero attached hydrogens (tertiary/aromatic N) is 2. The van der Waals surface area contributed by atoms with Crippen LogP contribution in [-0.2, 0) is 11.3 Å². The minimum Gasteiger partial charge on any atom is -0.381 e. The average Bonchev–Trinajstić information content (AvgIpc) is 2.69. The van der Waals surface area contributed by atoms with Crippen LogP contribution in [0, 0.1) is 12.8 Å². The van der Waals surface area contributed by atoms with Crippen molar-refractivity contribution in [2.75, 3.05) is 13.2 Å². The van der Waals surface area contributed by atoms with Gasteiger partial charge in [0, 0.05) is 25.1 Å². The summed E-state index contributed by atoms with van der Waals surface area (Å²) in [6.45, 7) is 4.92. The molecule has 1 saturated heterocycles. The van der Waals surface area contributed by atoms with Gasteiger partial charge in [0.25, 0.3) is 0 Å². The summed E-state index contributed by atoms with van der Waals surface area (Å²) in [5.74, 6) is 0.714. The second-order valence-electron chi connectivity index (χ2n) is 4.84. The Bertz CT molecular complexity index is 512. The molecule has 0 bridgehead atoms. The predicted octanol–water partition coefficient (Wildman–Crippen LogP) is 2.77. The van der Waals surface area contributed by atoms with Crippen LogP contribution in [-0.4, -0.2) is 23.0 Å². The van der Waals surface area contributed by atoms with E-state index in [2.05, 4.69) is 41.0 Å². The Morgan fingerprint density at radius 1 is 1.29 bits per heavy atom. The SMILES string of the molecule is Cc1nn(CC2CCOCC2)c2ccccc12. The molecular formula is C14H18N2O. The molecule has 1 aromatic heterocycles. The van der Waals surface area contributed by atoms with E-state index in [1.807, 2.05) is 0 Å². The molecule has 0 amide bonds. The molecule has 3 nitrogen and oxygen atoms in total. The summed E-state index contributed by atoms with van der Waals surface area (Å²) in [6.07, 6.45) is 2.32. The van der Waals surface area contributed by atoms with Crippen molar-refractivity contribution in [1.82, 2.24) is 9.78 Å². The summed E-state index contributed by atoms with van der Waals surface area (Å²) in [5.41, 5.74) is 2.39. The minimum absolute atomic E-state index is 0.714. The van der Waals surface area contributed by atoms with Crippen LogP contribution in [0.15, 0.2) is 24.3 Å². The lowest BCUT2D eigenvalue weighted by atomic mass is 10.0. The molecule has 0 atom stereocenters. The van der Waals surface area contributed by atoms with Gasteiger partial charge in [0.15, 0.2) is 0 Å². The zero-order valence-electron chi connectivity index (χ0n) is 10.2. The fourth-order valence-corrected chi connectivity index (χ4v) is 2.61. The summed E-state index contributed by atoms with van der Waals surface area (Å²) < 4.78 is 7.57.